The minimum absolute atomic E-state index is 0.0940. The second-order valence-corrected chi connectivity index (χ2v) is 8.16. The van der Waals surface area contributed by atoms with Crippen LogP contribution in [0.2, 0.25) is 0 Å². The Labute approximate surface area is 189 Å². The lowest BCUT2D eigenvalue weighted by Gasteiger charge is -2.26. The van der Waals surface area contributed by atoms with Crippen molar-refractivity contribution >= 4 is 17.4 Å². The van der Waals surface area contributed by atoms with Gasteiger partial charge in [0.15, 0.2) is 0 Å². The summed E-state index contributed by atoms with van der Waals surface area (Å²) in [4.78, 5) is 33.3. The average molecular weight is 438 g/mol. The number of amides is 1. The van der Waals surface area contributed by atoms with Gasteiger partial charge in [0, 0.05) is 31.0 Å². The molecule has 170 valence electrons. The van der Waals surface area contributed by atoms with E-state index >= 15 is 0 Å². The van der Waals surface area contributed by atoms with E-state index < -0.39 is 17.7 Å². The highest BCUT2D eigenvalue weighted by molar-refractivity contribution is 6.46. The molecule has 0 radical (unpaired) electrons. The molecule has 1 N–H and O–H groups in total. The summed E-state index contributed by atoms with van der Waals surface area (Å²) in [6.45, 7) is 3.74. The summed E-state index contributed by atoms with van der Waals surface area (Å²) in [6.07, 6.45) is 6.46. The van der Waals surface area contributed by atoms with E-state index in [0.29, 0.717) is 31.0 Å². The third-order valence-electron chi connectivity index (χ3n) is 5.49. The molecular weight excluding hydrogens is 406 g/mol. The highest BCUT2D eigenvalue weighted by atomic mass is 16.5. The van der Waals surface area contributed by atoms with E-state index in [4.69, 9.17) is 4.74 Å². The van der Waals surface area contributed by atoms with Crippen LogP contribution in [0.3, 0.4) is 0 Å². The number of aliphatic hydroxyl groups is 1. The highest BCUT2D eigenvalue weighted by Crippen LogP contribution is 2.39. The van der Waals surface area contributed by atoms with E-state index in [1.807, 2.05) is 19.0 Å². The number of unbranched alkanes of at least 4 members (excludes halogenated alkanes) is 2. The zero-order valence-corrected chi connectivity index (χ0v) is 19.0. The summed E-state index contributed by atoms with van der Waals surface area (Å²) in [7, 11) is 3.81. The molecule has 7 heteroatoms. The Morgan fingerprint density at radius 3 is 2.41 bits per heavy atom. The number of ether oxygens (including phenoxy) is 1. The molecular formula is C25H31N3O4. The van der Waals surface area contributed by atoms with E-state index in [0.717, 1.165) is 24.8 Å². The number of carbonyl (C=O) groups is 2. The number of hydrogen-bond donors (Lipinski definition) is 1. The van der Waals surface area contributed by atoms with Crippen molar-refractivity contribution in [1.82, 2.24) is 14.8 Å². The number of benzene rings is 1. The number of likely N-dealkylation sites (tertiary alicyclic amines) is 1. The molecule has 1 saturated heterocycles. The Kier molecular flexibility index (Phi) is 8.00. The van der Waals surface area contributed by atoms with Crippen molar-refractivity contribution in [3.8, 4) is 5.75 Å². The SMILES string of the molecule is CCCCCOc1ccc(/C(O)=C2/C(=O)C(=O)N(CCN(C)C)C2c2ccncc2)cc1. The van der Waals surface area contributed by atoms with Crippen LogP contribution >= 0.6 is 0 Å². The van der Waals surface area contributed by atoms with Crippen LogP contribution in [-0.4, -0.2) is 65.4 Å². The van der Waals surface area contributed by atoms with Crippen molar-refractivity contribution in [1.29, 1.82) is 0 Å². The summed E-state index contributed by atoms with van der Waals surface area (Å²) < 4.78 is 5.73. The first-order valence-electron chi connectivity index (χ1n) is 11.0. The normalized spacial score (nSPS) is 17.9. The van der Waals surface area contributed by atoms with E-state index in [-0.39, 0.29) is 11.3 Å². The van der Waals surface area contributed by atoms with Gasteiger partial charge in [0.1, 0.15) is 11.5 Å². The topological polar surface area (TPSA) is 83.0 Å². The number of rotatable bonds is 10. The fourth-order valence-electron chi connectivity index (χ4n) is 3.72. The maximum atomic E-state index is 13.0. The largest absolute Gasteiger partial charge is 0.507 e. The van der Waals surface area contributed by atoms with Crippen molar-refractivity contribution in [2.45, 2.75) is 32.2 Å². The number of nitrogens with zero attached hydrogens (tertiary/aromatic N) is 3. The van der Waals surface area contributed by atoms with Gasteiger partial charge in [-0.1, -0.05) is 19.8 Å². The van der Waals surface area contributed by atoms with E-state index in [1.54, 1.807) is 48.8 Å². The first-order valence-corrected chi connectivity index (χ1v) is 11.0. The van der Waals surface area contributed by atoms with Crippen molar-refractivity contribution < 1.29 is 19.4 Å². The summed E-state index contributed by atoms with van der Waals surface area (Å²) >= 11 is 0. The zero-order valence-electron chi connectivity index (χ0n) is 19.0. The summed E-state index contributed by atoms with van der Waals surface area (Å²) in [6, 6.07) is 9.82. The molecule has 0 spiro atoms. The number of aliphatic hydroxyl groups excluding tert-OH is 1. The monoisotopic (exact) mass is 437 g/mol. The maximum Gasteiger partial charge on any atom is 0.295 e. The van der Waals surface area contributed by atoms with Crippen LogP contribution in [0, 0.1) is 0 Å². The molecule has 0 aliphatic carbocycles. The lowest BCUT2D eigenvalue weighted by molar-refractivity contribution is -0.140. The Morgan fingerprint density at radius 2 is 1.78 bits per heavy atom. The Hall–Kier alpha value is -3.19. The predicted octanol–water partition coefficient (Wildman–Crippen LogP) is 3.63. The van der Waals surface area contributed by atoms with Crippen LogP contribution in [0.5, 0.6) is 5.75 Å². The molecule has 1 aromatic heterocycles. The van der Waals surface area contributed by atoms with Crippen molar-refractivity contribution in [3.63, 3.8) is 0 Å². The van der Waals surface area contributed by atoms with Gasteiger partial charge in [-0.15, -0.1) is 0 Å². The van der Waals surface area contributed by atoms with Gasteiger partial charge in [0.2, 0.25) is 0 Å². The molecule has 1 unspecified atom stereocenters. The molecule has 1 aliphatic rings. The fraction of sp³-hybridized carbons (Fsp3) is 0.400. The molecule has 32 heavy (non-hydrogen) atoms. The summed E-state index contributed by atoms with van der Waals surface area (Å²) in [5.41, 5.74) is 1.29. The molecule has 0 saturated carbocycles. The molecule has 1 aliphatic heterocycles. The maximum absolute atomic E-state index is 13.0. The average Bonchev–Trinajstić information content (AvgIpc) is 3.06. The first kappa shape index (κ1) is 23.5. The van der Waals surface area contributed by atoms with Crippen molar-refractivity contribution in [2.24, 2.45) is 0 Å². The van der Waals surface area contributed by atoms with Gasteiger partial charge in [-0.25, -0.2) is 0 Å². The molecule has 2 heterocycles. The van der Waals surface area contributed by atoms with Crippen LogP contribution in [0.1, 0.15) is 43.4 Å². The number of Topliss-reactive ketones (excluding diaryl/α,β-unsaturated/α-hetero) is 1. The molecule has 1 atom stereocenters. The highest BCUT2D eigenvalue weighted by Gasteiger charge is 2.45. The summed E-state index contributed by atoms with van der Waals surface area (Å²) in [5.74, 6) is -0.765. The van der Waals surface area contributed by atoms with Gasteiger partial charge < -0.3 is 19.6 Å². The zero-order chi connectivity index (χ0) is 23.1. The fourth-order valence-corrected chi connectivity index (χ4v) is 3.72. The van der Waals surface area contributed by atoms with E-state index in [1.165, 1.54) is 4.90 Å². The molecule has 1 fully saturated rings. The van der Waals surface area contributed by atoms with E-state index in [9.17, 15) is 14.7 Å². The molecule has 2 aromatic rings. The van der Waals surface area contributed by atoms with Gasteiger partial charge in [-0.05, 0) is 62.5 Å². The van der Waals surface area contributed by atoms with Crippen molar-refractivity contribution in [3.05, 3.63) is 65.5 Å². The van der Waals surface area contributed by atoms with E-state index in [2.05, 4.69) is 11.9 Å². The van der Waals surface area contributed by atoms with Gasteiger partial charge in [-0.3, -0.25) is 14.6 Å². The quantitative estimate of drug-likeness (QED) is 0.265. The second kappa shape index (κ2) is 10.9. The number of hydrogen-bond acceptors (Lipinski definition) is 6. The molecule has 7 nitrogen and oxygen atoms in total. The number of aromatic nitrogens is 1. The first-order chi connectivity index (χ1) is 15.4. The Balaban J connectivity index is 1.93. The minimum atomic E-state index is -0.678. The van der Waals surface area contributed by atoms with Gasteiger partial charge in [-0.2, -0.15) is 0 Å². The summed E-state index contributed by atoms with van der Waals surface area (Å²) in [5, 5.41) is 11.1. The molecule has 1 aromatic carbocycles. The van der Waals surface area contributed by atoms with Gasteiger partial charge in [0.05, 0.1) is 18.2 Å². The lowest BCUT2D eigenvalue weighted by atomic mass is 9.96. The van der Waals surface area contributed by atoms with Gasteiger partial charge >= 0.3 is 0 Å². The predicted molar refractivity (Wildman–Crippen MR) is 123 cm³/mol. The van der Waals surface area contributed by atoms with Crippen LogP contribution < -0.4 is 4.74 Å². The third kappa shape index (κ3) is 5.34. The van der Waals surface area contributed by atoms with Crippen LogP contribution in [0.15, 0.2) is 54.4 Å². The number of carbonyl (C=O) groups excluding carboxylic acids is 2. The number of ketones is 1. The van der Waals surface area contributed by atoms with Crippen LogP contribution in [0.4, 0.5) is 0 Å². The molecule has 3 rings (SSSR count). The third-order valence-corrected chi connectivity index (χ3v) is 5.49. The Bertz CT molecular complexity index is 955. The smallest absolute Gasteiger partial charge is 0.295 e. The van der Waals surface area contributed by atoms with Crippen LogP contribution in [0.25, 0.3) is 5.76 Å². The Morgan fingerprint density at radius 1 is 1.09 bits per heavy atom. The number of likely N-dealkylation sites (N-methyl/N-ethyl adjacent to an activating group) is 1. The molecule has 1 amide bonds. The number of pyridine rings is 1. The van der Waals surface area contributed by atoms with Crippen LogP contribution in [-0.2, 0) is 9.59 Å². The second-order valence-electron chi connectivity index (χ2n) is 8.16. The standard InChI is InChI=1S/C25H31N3O4/c1-4-5-6-17-32-20-9-7-19(8-10-20)23(29)21-22(18-11-13-26-14-12-18)28(16-15-27(2)3)25(31)24(21)30/h7-14,22,29H,4-6,15-17H2,1-3H3/b23-21-. The lowest BCUT2D eigenvalue weighted by Crippen LogP contribution is -2.35. The van der Waals surface area contributed by atoms with Gasteiger partial charge in [0.25, 0.3) is 11.7 Å². The van der Waals surface area contributed by atoms with Crippen molar-refractivity contribution in [2.75, 3.05) is 33.8 Å². The molecule has 0 bridgehead atoms. The minimum Gasteiger partial charge on any atom is -0.507 e.